The Bertz CT molecular complexity index is 783. The van der Waals surface area contributed by atoms with Crippen LogP contribution in [0.2, 0.25) is 0 Å². The molecule has 24 heavy (non-hydrogen) atoms. The molecule has 0 spiro atoms. The van der Waals surface area contributed by atoms with Gasteiger partial charge in [0.15, 0.2) is 0 Å². The summed E-state index contributed by atoms with van der Waals surface area (Å²) in [6.07, 6.45) is 4.24. The van der Waals surface area contributed by atoms with E-state index in [9.17, 15) is 0 Å². The van der Waals surface area contributed by atoms with Gasteiger partial charge in [0.1, 0.15) is 0 Å². The van der Waals surface area contributed by atoms with Gasteiger partial charge in [-0.05, 0) is 21.9 Å². The predicted octanol–water partition coefficient (Wildman–Crippen LogP) is 6.70. The average Bonchev–Trinajstić information content (AvgIpc) is 2.69. The van der Waals surface area contributed by atoms with Gasteiger partial charge in [0.05, 0.1) is 0 Å². The molecule has 0 saturated carbocycles. The summed E-state index contributed by atoms with van der Waals surface area (Å²) in [5.74, 6) is 0. The van der Waals surface area contributed by atoms with E-state index in [-0.39, 0.29) is 0 Å². The highest BCUT2D eigenvalue weighted by Crippen LogP contribution is 2.11. The zero-order valence-electron chi connectivity index (χ0n) is 13.5. The largest absolute Gasteiger partial charge is 0.0622 e. The van der Waals surface area contributed by atoms with Gasteiger partial charge in [-0.15, -0.1) is 0 Å². The van der Waals surface area contributed by atoms with E-state index in [0.29, 0.717) is 0 Å². The van der Waals surface area contributed by atoms with Crippen LogP contribution in [-0.4, -0.2) is 0 Å². The fourth-order valence-corrected chi connectivity index (χ4v) is 2.45. The molecule has 0 aromatic heterocycles. The molecule has 0 aliphatic rings. The summed E-state index contributed by atoms with van der Waals surface area (Å²) in [5, 5.41) is 2.62. The van der Waals surface area contributed by atoms with Gasteiger partial charge >= 0.3 is 0 Å². The van der Waals surface area contributed by atoms with Gasteiger partial charge in [-0.1, -0.05) is 121 Å². The second-order valence-electron chi connectivity index (χ2n) is 5.50. The summed E-state index contributed by atoms with van der Waals surface area (Å²) < 4.78 is 0. The number of hydrogen-bond acceptors (Lipinski definition) is 0. The van der Waals surface area contributed by atoms with Crippen molar-refractivity contribution in [3.05, 3.63) is 120 Å². The average molecular weight is 308 g/mol. The Morgan fingerprint density at radius 2 is 0.625 bits per heavy atom. The molecule has 0 saturated heterocycles. The first-order valence-electron chi connectivity index (χ1n) is 8.14. The van der Waals surface area contributed by atoms with Gasteiger partial charge in [0.25, 0.3) is 0 Å². The molecule has 0 heterocycles. The number of fused-ring (bicyclic) bond motifs is 1. The fraction of sp³-hybridized carbons (Fsp3) is 0. The lowest BCUT2D eigenvalue weighted by molar-refractivity contribution is 1.65. The minimum atomic E-state index is 1.23. The van der Waals surface area contributed by atoms with E-state index in [1.54, 1.807) is 0 Å². The van der Waals surface area contributed by atoms with Crippen molar-refractivity contribution in [3.8, 4) is 0 Å². The summed E-state index contributed by atoms with van der Waals surface area (Å²) in [6, 6.07) is 37.3. The lowest BCUT2D eigenvalue weighted by Crippen LogP contribution is -1.70. The van der Waals surface area contributed by atoms with Gasteiger partial charge in [-0.3, -0.25) is 0 Å². The molecule has 0 bridgehead atoms. The van der Waals surface area contributed by atoms with Crippen molar-refractivity contribution in [2.45, 2.75) is 0 Å². The van der Waals surface area contributed by atoms with Crippen molar-refractivity contribution in [2.24, 2.45) is 0 Å². The minimum absolute atomic E-state index is 1.23. The monoisotopic (exact) mass is 308 g/mol. The molecule has 4 aromatic carbocycles. The van der Waals surface area contributed by atoms with E-state index in [2.05, 4.69) is 84.9 Å². The fourth-order valence-electron chi connectivity index (χ4n) is 2.45. The third-order valence-corrected chi connectivity index (χ3v) is 3.73. The van der Waals surface area contributed by atoms with E-state index < -0.39 is 0 Å². The van der Waals surface area contributed by atoms with Gasteiger partial charge in [0.2, 0.25) is 0 Å². The Morgan fingerprint density at radius 1 is 0.333 bits per heavy atom. The Labute approximate surface area is 143 Å². The van der Waals surface area contributed by atoms with Crippen LogP contribution < -0.4 is 0 Å². The van der Waals surface area contributed by atoms with Gasteiger partial charge < -0.3 is 0 Å². The van der Waals surface area contributed by atoms with E-state index >= 15 is 0 Å². The Morgan fingerprint density at radius 3 is 0.958 bits per heavy atom. The highest BCUT2D eigenvalue weighted by atomic mass is 13.9. The molecule has 0 nitrogen and oxygen atoms in total. The van der Waals surface area contributed by atoms with Gasteiger partial charge in [-0.2, -0.15) is 0 Å². The topological polar surface area (TPSA) is 0 Å². The molecule has 0 unspecified atom stereocenters. The zero-order chi connectivity index (χ0) is 16.5. The van der Waals surface area contributed by atoms with Crippen LogP contribution in [0.4, 0.5) is 0 Å². The first-order valence-corrected chi connectivity index (χ1v) is 8.14. The minimum Gasteiger partial charge on any atom is -0.0622 e. The Kier molecular flexibility index (Phi) is 5.58. The van der Waals surface area contributed by atoms with Crippen LogP contribution in [0.3, 0.4) is 0 Å². The standard InChI is InChI=1S/C14H12.C10H8/c1-3-7-13(8-4-1)11-12-14-9-5-2-6-10-14;1-2-6-10-8-4-3-7-9(10)5-1/h1-12H;1-8H. The molecule has 116 valence electrons. The second kappa shape index (κ2) is 8.50. The van der Waals surface area contributed by atoms with Crippen molar-refractivity contribution >= 4 is 22.9 Å². The third kappa shape index (κ3) is 4.69. The van der Waals surface area contributed by atoms with Gasteiger partial charge in [0, 0.05) is 0 Å². The molecule has 0 amide bonds. The molecule has 4 rings (SSSR count). The molecule has 0 aliphatic carbocycles. The summed E-state index contributed by atoms with van der Waals surface area (Å²) >= 11 is 0. The van der Waals surface area contributed by atoms with Crippen LogP contribution in [0.25, 0.3) is 22.9 Å². The maximum Gasteiger partial charge on any atom is -0.0184 e. The number of hydrogen-bond donors (Lipinski definition) is 0. The van der Waals surface area contributed by atoms with Crippen LogP contribution in [0.1, 0.15) is 11.1 Å². The maximum absolute atomic E-state index is 2.12. The molecule has 4 aromatic rings. The molecule has 0 heteroatoms. The Hall–Kier alpha value is -3.12. The zero-order valence-corrected chi connectivity index (χ0v) is 13.5. The quantitative estimate of drug-likeness (QED) is 0.362. The highest BCUT2D eigenvalue weighted by molar-refractivity contribution is 5.82. The molecule has 0 radical (unpaired) electrons. The normalized spacial score (nSPS) is 10.3. The van der Waals surface area contributed by atoms with Crippen molar-refractivity contribution in [1.29, 1.82) is 0 Å². The summed E-state index contributed by atoms with van der Waals surface area (Å²) in [6.45, 7) is 0. The molecule has 0 N–H and O–H groups in total. The molecular formula is C24H20. The maximum atomic E-state index is 2.12. The first-order chi connectivity index (χ1) is 11.9. The van der Waals surface area contributed by atoms with Crippen LogP contribution in [-0.2, 0) is 0 Å². The van der Waals surface area contributed by atoms with Crippen molar-refractivity contribution in [2.75, 3.05) is 0 Å². The third-order valence-electron chi connectivity index (χ3n) is 3.73. The van der Waals surface area contributed by atoms with E-state index in [0.717, 1.165) is 0 Å². The van der Waals surface area contributed by atoms with Crippen LogP contribution in [0, 0.1) is 0 Å². The second-order valence-corrected chi connectivity index (χ2v) is 5.50. The van der Waals surface area contributed by atoms with Crippen LogP contribution in [0.15, 0.2) is 109 Å². The van der Waals surface area contributed by atoms with Crippen molar-refractivity contribution in [1.82, 2.24) is 0 Å². The number of rotatable bonds is 2. The van der Waals surface area contributed by atoms with Crippen LogP contribution in [0.5, 0.6) is 0 Å². The highest BCUT2D eigenvalue weighted by Gasteiger charge is 1.85. The van der Waals surface area contributed by atoms with Crippen molar-refractivity contribution < 1.29 is 0 Å². The SMILES string of the molecule is C(=Cc1ccccc1)c1ccccc1.c1ccc2ccccc2c1. The molecular weight excluding hydrogens is 288 g/mol. The smallest absolute Gasteiger partial charge is 0.0184 e. The van der Waals surface area contributed by atoms with E-state index in [1.807, 2.05) is 36.4 Å². The summed E-state index contributed by atoms with van der Waals surface area (Å²) in [5.41, 5.74) is 2.47. The van der Waals surface area contributed by atoms with E-state index in [1.165, 1.54) is 21.9 Å². The lowest BCUT2D eigenvalue weighted by Gasteiger charge is -1.92. The lowest BCUT2D eigenvalue weighted by atomic mass is 10.1. The van der Waals surface area contributed by atoms with Crippen LogP contribution >= 0.6 is 0 Å². The van der Waals surface area contributed by atoms with Gasteiger partial charge in [-0.25, -0.2) is 0 Å². The molecule has 0 aliphatic heterocycles. The van der Waals surface area contributed by atoms with Crippen molar-refractivity contribution in [3.63, 3.8) is 0 Å². The number of benzene rings is 4. The molecule has 0 fully saturated rings. The summed E-state index contributed by atoms with van der Waals surface area (Å²) in [4.78, 5) is 0. The summed E-state index contributed by atoms with van der Waals surface area (Å²) in [7, 11) is 0. The Balaban J connectivity index is 0.000000149. The molecule has 0 atom stereocenters. The first kappa shape index (κ1) is 15.8. The van der Waals surface area contributed by atoms with E-state index in [4.69, 9.17) is 0 Å². The predicted molar refractivity (Wildman–Crippen MR) is 106 cm³/mol.